The molecule has 1 nitrogen and oxygen atoms in total. The summed E-state index contributed by atoms with van der Waals surface area (Å²) in [6.07, 6.45) is 0.0377. The first-order valence-corrected chi connectivity index (χ1v) is 5.44. The van der Waals surface area contributed by atoms with Crippen LogP contribution < -0.4 is 0 Å². The molecule has 1 rings (SSSR count). The Morgan fingerprint density at radius 1 is 1.36 bits per heavy atom. The zero-order valence-corrected chi connectivity index (χ0v) is 9.39. The van der Waals surface area contributed by atoms with Gasteiger partial charge in [0.1, 0.15) is 0 Å². The molecule has 0 amide bonds. The van der Waals surface area contributed by atoms with Crippen LogP contribution in [0.3, 0.4) is 0 Å². The van der Waals surface area contributed by atoms with Crippen LogP contribution in [0.1, 0.15) is 33.6 Å². The van der Waals surface area contributed by atoms with E-state index in [9.17, 15) is 8.78 Å². The minimum absolute atomic E-state index is 0.0533. The Hall–Kier alpha value is -0.180. The highest BCUT2D eigenvalue weighted by Crippen LogP contribution is 2.36. The molecule has 0 N–H and O–H groups in total. The van der Waals surface area contributed by atoms with Gasteiger partial charge in [-0.25, -0.2) is 8.78 Å². The zero-order chi connectivity index (χ0) is 10.8. The van der Waals surface area contributed by atoms with Crippen molar-refractivity contribution in [1.29, 1.82) is 0 Å². The van der Waals surface area contributed by atoms with Crippen molar-refractivity contribution in [2.24, 2.45) is 11.3 Å². The molecule has 0 aromatic carbocycles. The van der Waals surface area contributed by atoms with Crippen molar-refractivity contribution in [1.82, 2.24) is 4.90 Å². The number of halogens is 2. The third-order valence-corrected chi connectivity index (χ3v) is 3.60. The van der Waals surface area contributed by atoms with Crippen molar-refractivity contribution < 1.29 is 8.78 Å². The number of rotatable bonds is 3. The topological polar surface area (TPSA) is 3.24 Å². The van der Waals surface area contributed by atoms with Gasteiger partial charge in [0.15, 0.2) is 0 Å². The Labute approximate surface area is 85.5 Å². The second-order valence-electron chi connectivity index (χ2n) is 5.04. The summed E-state index contributed by atoms with van der Waals surface area (Å²) in [5.74, 6) is 0.572. The maximum atomic E-state index is 12.2. The van der Waals surface area contributed by atoms with E-state index in [1.165, 1.54) is 6.42 Å². The summed E-state index contributed by atoms with van der Waals surface area (Å²) in [6, 6.07) is 0. The van der Waals surface area contributed by atoms with Crippen LogP contribution in [0.25, 0.3) is 0 Å². The summed E-state index contributed by atoms with van der Waals surface area (Å²) < 4.78 is 24.5. The first-order chi connectivity index (χ1) is 6.44. The Morgan fingerprint density at radius 2 is 2.00 bits per heavy atom. The lowest BCUT2D eigenvalue weighted by Crippen LogP contribution is -2.45. The monoisotopic (exact) mass is 205 g/mol. The predicted molar refractivity (Wildman–Crippen MR) is 54.6 cm³/mol. The predicted octanol–water partition coefficient (Wildman–Crippen LogP) is 3.01. The van der Waals surface area contributed by atoms with Crippen LogP contribution in [-0.2, 0) is 0 Å². The van der Waals surface area contributed by atoms with Crippen molar-refractivity contribution in [2.45, 2.75) is 40.0 Å². The van der Waals surface area contributed by atoms with Crippen molar-refractivity contribution >= 4 is 0 Å². The van der Waals surface area contributed by atoms with Gasteiger partial charge in [0.25, 0.3) is 6.43 Å². The molecule has 1 fully saturated rings. The summed E-state index contributed by atoms with van der Waals surface area (Å²) in [5, 5.41) is 0. The van der Waals surface area contributed by atoms with Gasteiger partial charge in [-0.2, -0.15) is 0 Å². The molecule has 1 heterocycles. The van der Waals surface area contributed by atoms with Crippen LogP contribution in [0, 0.1) is 11.3 Å². The molecule has 0 saturated carbocycles. The first-order valence-electron chi connectivity index (χ1n) is 5.44. The van der Waals surface area contributed by atoms with E-state index >= 15 is 0 Å². The highest BCUT2D eigenvalue weighted by molar-refractivity contribution is 4.85. The van der Waals surface area contributed by atoms with Crippen molar-refractivity contribution in [3.8, 4) is 0 Å². The quantitative estimate of drug-likeness (QED) is 0.684. The Balaban J connectivity index is 2.51. The molecule has 1 atom stereocenters. The van der Waals surface area contributed by atoms with E-state index in [0.29, 0.717) is 5.92 Å². The van der Waals surface area contributed by atoms with Gasteiger partial charge in [-0.1, -0.05) is 20.8 Å². The fraction of sp³-hybridized carbons (Fsp3) is 1.00. The normalized spacial score (nSPS) is 30.2. The number of hydrogen-bond donors (Lipinski definition) is 0. The number of nitrogens with zero attached hydrogens (tertiary/aromatic N) is 1. The molecule has 0 radical (unpaired) electrons. The van der Waals surface area contributed by atoms with Gasteiger partial charge in [-0.05, 0) is 30.7 Å². The van der Waals surface area contributed by atoms with Gasteiger partial charge >= 0.3 is 0 Å². The minimum Gasteiger partial charge on any atom is -0.297 e. The van der Waals surface area contributed by atoms with E-state index in [1.807, 2.05) is 4.90 Å². The van der Waals surface area contributed by atoms with Crippen molar-refractivity contribution in [3.63, 3.8) is 0 Å². The summed E-state index contributed by atoms with van der Waals surface area (Å²) in [5.41, 5.74) is 0.229. The van der Waals surface area contributed by atoms with Gasteiger partial charge in [0, 0.05) is 6.54 Å². The van der Waals surface area contributed by atoms with Crippen LogP contribution in [0.4, 0.5) is 8.78 Å². The molecule has 84 valence electrons. The molecule has 0 aromatic rings. The molecule has 14 heavy (non-hydrogen) atoms. The Morgan fingerprint density at radius 3 is 2.50 bits per heavy atom. The molecule has 0 aromatic heterocycles. The van der Waals surface area contributed by atoms with Crippen LogP contribution in [0.15, 0.2) is 0 Å². The third-order valence-electron chi connectivity index (χ3n) is 3.60. The van der Waals surface area contributed by atoms with Gasteiger partial charge in [0.05, 0.1) is 6.54 Å². The maximum absolute atomic E-state index is 12.2. The van der Waals surface area contributed by atoms with Crippen molar-refractivity contribution in [2.75, 3.05) is 19.6 Å². The van der Waals surface area contributed by atoms with Gasteiger partial charge < -0.3 is 0 Å². The molecule has 1 saturated heterocycles. The second-order valence-corrected chi connectivity index (χ2v) is 5.04. The third kappa shape index (κ3) is 2.91. The van der Waals surface area contributed by atoms with Crippen LogP contribution in [0.5, 0.6) is 0 Å². The molecule has 0 unspecified atom stereocenters. The highest BCUT2D eigenvalue weighted by atomic mass is 19.3. The maximum Gasteiger partial charge on any atom is 0.251 e. The molecule has 1 aliphatic rings. The molecule has 0 bridgehead atoms. The second kappa shape index (κ2) is 4.56. The average molecular weight is 205 g/mol. The molecule has 1 aliphatic heterocycles. The zero-order valence-electron chi connectivity index (χ0n) is 9.39. The van der Waals surface area contributed by atoms with E-state index in [0.717, 1.165) is 19.5 Å². The van der Waals surface area contributed by atoms with Crippen LogP contribution in [-0.4, -0.2) is 31.0 Å². The van der Waals surface area contributed by atoms with E-state index < -0.39 is 6.43 Å². The summed E-state index contributed by atoms with van der Waals surface area (Å²) in [4.78, 5) is 1.91. The summed E-state index contributed by atoms with van der Waals surface area (Å²) >= 11 is 0. The minimum atomic E-state index is -2.19. The van der Waals surface area contributed by atoms with Crippen LogP contribution >= 0.6 is 0 Å². The van der Waals surface area contributed by atoms with Gasteiger partial charge in [0.2, 0.25) is 0 Å². The SMILES string of the molecule is CC(C)[C@]1(C)CCCN(CC(F)F)C1. The average Bonchev–Trinajstić information content (AvgIpc) is 2.02. The lowest BCUT2D eigenvalue weighted by molar-refractivity contribution is 0.0195. The molecule has 3 heteroatoms. The molecular formula is C11H21F2N. The lowest BCUT2D eigenvalue weighted by atomic mass is 9.73. The van der Waals surface area contributed by atoms with Crippen molar-refractivity contribution in [3.05, 3.63) is 0 Å². The lowest BCUT2D eigenvalue weighted by Gasteiger charge is -2.43. The Bertz CT molecular complexity index is 182. The number of hydrogen-bond acceptors (Lipinski definition) is 1. The smallest absolute Gasteiger partial charge is 0.251 e. The van der Waals surface area contributed by atoms with Gasteiger partial charge in [-0.15, -0.1) is 0 Å². The summed E-state index contributed by atoms with van der Waals surface area (Å²) in [7, 11) is 0. The van der Waals surface area contributed by atoms with E-state index in [2.05, 4.69) is 20.8 Å². The molecule has 0 spiro atoms. The fourth-order valence-electron chi connectivity index (χ4n) is 2.20. The first kappa shape index (κ1) is 11.9. The largest absolute Gasteiger partial charge is 0.297 e. The number of likely N-dealkylation sites (tertiary alicyclic amines) is 1. The fourth-order valence-corrected chi connectivity index (χ4v) is 2.20. The molecular weight excluding hydrogens is 184 g/mol. The van der Waals surface area contributed by atoms with E-state index in [1.54, 1.807) is 0 Å². The van der Waals surface area contributed by atoms with E-state index in [-0.39, 0.29) is 12.0 Å². The number of alkyl halides is 2. The number of piperidine rings is 1. The van der Waals surface area contributed by atoms with Crippen LogP contribution in [0.2, 0.25) is 0 Å². The van der Waals surface area contributed by atoms with Gasteiger partial charge in [-0.3, -0.25) is 4.90 Å². The molecule has 0 aliphatic carbocycles. The Kier molecular flexibility index (Phi) is 3.87. The highest BCUT2D eigenvalue weighted by Gasteiger charge is 2.34. The summed E-state index contributed by atoms with van der Waals surface area (Å²) in [6.45, 7) is 8.21. The standard InChI is InChI=1S/C11H21F2N/c1-9(2)11(3)5-4-6-14(8-11)7-10(12)13/h9-10H,4-8H2,1-3H3/t11-/m1/s1. The van der Waals surface area contributed by atoms with E-state index in [4.69, 9.17) is 0 Å².